The van der Waals surface area contributed by atoms with Gasteiger partial charge in [-0.25, -0.2) is 8.78 Å². The number of methoxy groups -OCH3 is 1. The summed E-state index contributed by atoms with van der Waals surface area (Å²) in [4.78, 5) is 0. The summed E-state index contributed by atoms with van der Waals surface area (Å²) in [7, 11) is 1.42. The second kappa shape index (κ2) is 4.40. The third-order valence-electron chi connectivity index (χ3n) is 2.38. The van der Waals surface area contributed by atoms with Crippen molar-refractivity contribution in [3.63, 3.8) is 0 Å². The van der Waals surface area contributed by atoms with E-state index in [1.54, 1.807) is 6.07 Å². The van der Waals surface area contributed by atoms with Crippen LogP contribution in [-0.4, -0.2) is 17.3 Å². The maximum absolute atomic E-state index is 12.9. The van der Waals surface area contributed by atoms with Crippen molar-refractivity contribution in [2.24, 2.45) is 0 Å². The van der Waals surface area contributed by atoms with Gasteiger partial charge in [0.05, 0.1) is 18.4 Å². The number of ether oxygens (including phenoxy) is 1. The normalized spacial score (nSPS) is 10.8. The van der Waals surface area contributed by atoms with Crippen LogP contribution in [0.1, 0.15) is 12.0 Å². The highest BCUT2D eigenvalue weighted by Gasteiger charge is 2.19. The number of nitrogens with two attached hydrogens (primary N) is 1. The molecule has 0 fully saturated rings. The highest BCUT2D eigenvalue weighted by molar-refractivity contribution is 5.73. The summed E-state index contributed by atoms with van der Waals surface area (Å²) in [6, 6.07) is 5.96. The van der Waals surface area contributed by atoms with E-state index < -0.39 is 6.43 Å². The Morgan fingerprint density at radius 3 is 2.71 bits per heavy atom. The van der Waals surface area contributed by atoms with Gasteiger partial charge in [0.2, 0.25) is 0 Å². The molecule has 0 atom stereocenters. The summed E-state index contributed by atoms with van der Waals surface area (Å²) < 4.78 is 30.9. The zero-order valence-electron chi connectivity index (χ0n) is 9.08. The fraction of sp³-hybridized carbons (Fsp3) is 0.182. The Balaban J connectivity index is 2.64. The Kier molecular flexibility index (Phi) is 2.95. The average molecular weight is 239 g/mol. The van der Waals surface area contributed by atoms with Crippen LogP contribution in [0.2, 0.25) is 0 Å². The number of rotatable bonds is 3. The molecule has 2 aromatic rings. The number of anilines is 1. The summed E-state index contributed by atoms with van der Waals surface area (Å²) in [6.07, 6.45) is -2.59. The zero-order valence-corrected chi connectivity index (χ0v) is 9.08. The largest absolute Gasteiger partial charge is 0.496 e. The van der Waals surface area contributed by atoms with Crippen molar-refractivity contribution in [1.29, 1.82) is 0 Å². The number of nitrogen functional groups attached to an aromatic ring is 1. The number of H-pyrrole nitrogens is 1. The van der Waals surface area contributed by atoms with Crippen LogP contribution in [0.5, 0.6) is 5.75 Å². The zero-order chi connectivity index (χ0) is 12.4. The number of hydrogen-bond donors (Lipinski definition) is 2. The molecule has 0 amide bonds. The van der Waals surface area contributed by atoms with Crippen LogP contribution in [0.25, 0.3) is 11.3 Å². The molecule has 90 valence electrons. The summed E-state index contributed by atoms with van der Waals surface area (Å²) in [5.41, 5.74) is 6.04. The molecule has 4 nitrogen and oxygen atoms in total. The van der Waals surface area contributed by atoms with Gasteiger partial charge < -0.3 is 10.5 Å². The fourth-order valence-corrected chi connectivity index (χ4v) is 1.65. The average Bonchev–Trinajstić information content (AvgIpc) is 2.74. The van der Waals surface area contributed by atoms with E-state index in [1.165, 1.54) is 25.3 Å². The second-order valence-electron chi connectivity index (χ2n) is 3.43. The van der Waals surface area contributed by atoms with E-state index in [4.69, 9.17) is 10.5 Å². The number of halogens is 2. The minimum atomic E-state index is -2.59. The van der Waals surface area contributed by atoms with Crippen molar-refractivity contribution in [2.45, 2.75) is 6.43 Å². The van der Waals surface area contributed by atoms with Crippen molar-refractivity contribution in [2.75, 3.05) is 12.8 Å². The molecule has 0 aliphatic heterocycles. The van der Waals surface area contributed by atoms with Crippen LogP contribution in [0.15, 0.2) is 24.3 Å². The third-order valence-corrected chi connectivity index (χ3v) is 2.38. The van der Waals surface area contributed by atoms with Crippen molar-refractivity contribution >= 4 is 5.82 Å². The predicted octanol–water partition coefficient (Wildman–Crippen LogP) is 2.61. The highest BCUT2D eigenvalue weighted by Crippen LogP contribution is 2.37. The van der Waals surface area contributed by atoms with E-state index in [1.807, 2.05) is 0 Å². The van der Waals surface area contributed by atoms with Gasteiger partial charge in [0.15, 0.2) is 0 Å². The molecule has 0 unspecified atom stereocenters. The van der Waals surface area contributed by atoms with Crippen LogP contribution in [0, 0.1) is 0 Å². The van der Waals surface area contributed by atoms with E-state index >= 15 is 0 Å². The molecule has 0 saturated heterocycles. The van der Waals surface area contributed by atoms with Crippen LogP contribution in [0.3, 0.4) is 0 Å². The number of benzene rings is 1. The van der Waals surface area contributed by atoms with Crippen molar-refractivity contribution in [3.05, 3.63) is 29.8 Å². The Bertz CT molecular complexity index is 525. The summed E-state index contributed by atoms with van der Waals surface area (Å²) in [6.45, 7) is 0. The number of aromatic nitrogens is 2. The number of hydrogen-bond acceptors (Lipinski definition) is 3. The summed E-state index contributed by atoms with van der Waals surface area (Å²) in [5.74, 6) is 0.595. The maximum Gasteiger partial charge on any atom is 0.264 e. The van der Waals surface area contributed by atoms with E-state index in [9.17, 15) is 8.78 Å². The molecule has 2 rings (SSSR count). The molecule has 17 heavy (non-hydrogen) atoms. The Hall–Kier alpha value is -2.11. The van der Waals surface area contributed by atoms with Crippen molar-refractivity contribution < 1.29 is 13.5 Å². The van der Waals surface area contributed by atoms with E-state index in [0.29, 0.717) is 11.4 Å². The highest BCUT2D eigenvalue weighted by atomic mass is 19.3. The van der Waals surface area contributed by atoms with Gasteiger partial charge in [0.25, 0.3) is 6.43 Å². The van der Waals surface area contributed by atoms with Gasteiger partial charge in [0.1, 0.15) is 11.6 Å². The first-order chi connectivity index (χ1) is 8.13. The van der Waals surface area contributed by atoms with Crippen LogP contribution in [-0.2, 0) is 0 Å². The monoisotopic (exact) mass is 239 g/mol. The van der Waals surface area contributed by atoms with Gasteiger partial charge in [-0.05, 0) is 6.07 Å². The summed E-state index contributed by atoms with van der Waals surface area (Å²) >= 11 is 0. The first kappa shape index (κ1) is 11.4. The Morgan fingerprint density at radius 1 is 1.41 bits per heavy atom. The van der Waals surface area contributed by atoms with Crippen LogP contribution < -0.4 is 10.5 Å². The minimum Gasteiger partial charge on any atom is -0.496 e. The van der Waals surface area contributed by atoms with E-state index in [0.717, 1.165) is 0 Å². The van der Waals surface area contributed by atoms with Crippen molar-refractivity contribution in [1.82, 2.24) is 10.2 Å². The number of nitrogens with zero attached hydrogens (tertiary/aromatic N) is 1. The van der Waals surface area contributed by atoms with Gasteiger partial charge in [0, 0.05) is 11.6 Å². The van der Waals surface area contributed by atoms with Crippen LogP contribution >= 0.6 is 0 Å². The fourth-order valence-electron chi connectivity index (χ4n) is 1.65. The van der Waals surface area contributed by atoms with Crippen molar-refractivity contribution in [3.8, 4) is 17.0 Å². The third kappa shape index (κ3) is 2.06. The molecule has 0 spiro atoms. The Labute approximate surface area is 96.4 Å². The Morgan fingerprint density at radius 2 is 2.18 bits per heavy atom. The molecule has 3 N–H and O–H groups in total. The number of alkyl halides is 2. The lowest BCUT2D eigenvalue weighted by Crippen LogP contribution is -1.95. The lowest BCUT2D eigenvalue weighted by Gasteiger charge is -2.11. The van der Waals surface area contributed by atoms with E-state index in [2.05, 4.69) is 10.2 Å². The molecule has 6 heteroatoms. The molecule has 1 heterocycles. The second-order valence-corrected chi connectivity index (χ2v) is 3.43. The molecule has 0 bridgehead atoms. The molecule has 1 aromatic carbocycles. The first-order valence-electron chi connectivity index (χ1n) is 4.89. The summed E-state index contributed by atoms with van der Waals surface area (Å²) in [5, 5.41) is 6.32. The van der Waals surface area contributed by atoms with Gasteiger partial charge >= 0.3 is 0 Å². The topological polar surface area (TPSA) is 63.9 Å². The SMILES string of the molecule is COc1cccc(C(F)F)c1-c1cc(N)n[nH]1. The van der Waals surface area contributed by atoms with Gasteiger partial charge in [-0.3, -0.25) is 5.10 Å². The molecule has 0 aliphatic carbocycles. The minimum absolute atomic E-state index is 0.118. The molecule has 1 aromatic heterocycles. The first-order valence-corrected chi connectivity index (χ1v) is 4.89. The molecule has 0 saturated carbocycles. The van der Waals surface area contributed by atoms with E-state index in [-0.39, 0.29) is 16.9 Å². The number of aromatic amines is 1. The maximum atomic E-state index is 12.9. The van der Waals surface area contributed by atoms with Gasteiger partial charge in [-0.1, -0.05) is 12.1 Å². The molecular formula is C11H11F2N3O. The smallest absolute Gasteiger partial charge is 0.264 e. The number of nitrogens with one attached hydrogen (secondary N) is 1. The van der Waals surface area contributed by atoms with Gasteiger partial charge in [-0.2, -0.15) is 5.10 Å². The van der Waals surface area contributed by atoms with Crippen LogP contribution in [0.4, 0.5) is 14.6 Å². The quantitative estimate of drug-likeness (QED) is 0.865. The lowest BCUT2D eigenvalue weighted by molar-refractivity contribution is 0.151. The standard InChI is InChI=1S/C11H11F2N3O/c1-17-8-4-2-3-6(11(12)13)10(8)7-5-9(14)16-15-7/h2-5,11H,1H3,(H3,14,15,16). The molecule has 0 aliphatic rings. The predicted molar refractivity (Wildman–Crippen MR) is 59.9 cm³/mol. The molecule has 0 radical (unpaired) electrons. The lowest BCUT2D eigenvalue weighted by atomic mass is 10.0. The molecular weight excluding hydrogens is 228 g/mol. The van der Waals surface area contributed by atoms with Gasteiger partial charge in [-0.15, -0.1) is 0 Å².